The monoisotopic (exact) mass is 334 g/mol. The summed E-state index contributed by atoms with van der Waals surface area (Å²) in [6, 6.07) is 6.68. The molecule has 23 heavy (non-hydrogen) atoms. The number of esters is 2. The zero-order valence-corrected chi connectivity index (χ0v) is 13.0. The Morgan fingerprint density at radius 3 is 1.70 bits per heavy atom. The molecule has 3 heterocycles. The molecule has 0 radical (unpaired) electrons. The van der Waals surface area contributed by atoms with Crippen molar-refractivity contribution in [1.82, 2.24) is 0 Å². The van der Waals surface area contributed by atoms with Gasteiger partial charge in [0.1, 0.15) is 24.7 Å². The zero-order chi connectivity index (χ0) is 16.1. The van der Waals surface area contributed by atoms with Gasteiger partial charge >= 0.3 is 11.9 Å². The van der Waals surface area contributed by atoms with Gasteiger partial charge in [-0.2, -0.15) is 0 Å². The van der Waals surface area contributed by atoms with E-state index in [9.17, 15) is 9.59 Å². The third-order valence-corrected chi connectivity index (χ3v) is 3.98. The lowest BCUT2D eigenvalue weighted by Crippen LogP contribution is -2.05. The highest BCUT2D eigenvalue weighted by atomic mass is 32.2. The van der Waals surface area contributed by atoms with Gasteiger partial charge in [0, 0.05) is 0 Å². The Balaban J connectivity index is 1.73. The summed E-state index contributed by atoms with van der Waals surface area (Å²) in [6.07, 6.45) is 3.19. The Morgan fingerprint density at radius 1 is 0.739 bits per heavy atom. The lowest BCUT2D eigenvalue weighted by molar-refractivity contribution is 0.0490. The smallest absolute Gasteiger partial charge is 0.374 e. The molecule has 0 unspecified atom stereocenters. The quantitative estimate of drug-likeness (QED) is 0.541. The van der Waals surface area contributed by atoms with Crippen LogP contribution in [0.5, 0.6) is 0 Å². The molecule has 0 atom stereocenters. The minimum Gasteiger partial charge on any atom is -0.456 e. The highest BCUT2D eigenvalue weighted by Crippen LogP contribution is 2.21. The number of fused-ring (bicyclic) bond motifs is 4. The van der Waals surface area contributed by atoms with E-state index in [2.05, 4.69) is 0 Å². The molecule has 6 nitrogen and oxygen atoms in total. The predicted octanol–water partition coefficient (Wildman–Crippen LogP) is 3.19. The number of thioether (sulfide) groups is 1. The average Bonchev–Trinajstić information content (AvgIpc) is 3.19. The van der Waals surface area contributed by atoms with E-state index in [4.69, 9.17) is 18.3 Å². The number of hydrogen-bond acceptors (Lipinski definition) is 7. The molecule has 0 aliphatic carbocycles. The lowest BCUT2D eigenvalue weighted by Gasteiger charge is -1.99. The highest BCUT2D eigenvalue weighted by Gasteiger charge is 2.14. The summed E-state index contributed by atoms with van der Waals surface area (Å²) in [5.41, 5.74) is 0. The average molecular weight is 334 g/mol. The van der Waals surface area contributed by atoms with Crippen LogP contribution in [-0.2, 0) is 21.0 Å². The van der Waals surface area contributed by atoms with Crippen LogP contribution in [0.25, 0.3) is 0 Å². The molecule has 0 N–H and O–H groups in total. The first kappa shape index (κ1) is 15.5. The number of carbonyl (C=O) groups is 2. The maximum absolute atomic E-state index is 11.8. The van der Waals surface area contributed by atoms with Gasteiger partial charge in [0.15, 0.2) is 0 Å². The molecule has 4 bridgehead atoms. The summed E-state index contributed by atoms with van der Waals surface area (Å²) < 4.78 is 21.0. The molecule has 0 fully saturated rings. The van der Waals surface area contributed by atoms with Gasteiger partial charge in [0.05, 0.1) is 11.5 Å². The normalized spacial score (nSPS) is 16.5. The van der Waals surface area contributed by atoms with Gasteiger partial charge in [-0.25, -0.2) is 9.59 Å². The fraction of sp³-hybridized carbons (Fsp3) is 0.250. The van der Waals surface area contributed by atoms with Gasteiger partial charge in [0.25, 0.3) is 0 Å². The van der Waals surface area contributed by atoms with E-state index >= 15 is 0 Å². The van der Waals surface area contributed by atoms with Gasteiger partial charge < -0.3 is 18.3 Å². The first-order chi connectivity index (χ1) is 11.2. The van der Waals surface area contributed by atoms with Gasteiger partial charge in [-0.3, -0.25) is 0 Å². The van der Waals surface area contributed by atoms with Crippen LogP contribution in [0.1, 0.15) is 32.6 Å². The van der Waals surface area contributed by atoms with Crippen LogP contribution in [0.4, 0.5) is 0 Å². The zero-order valence-electron chi connectivity index (χ0n) is 12.2. The molecule has 0 aromatic carbocycles. The molecule has 0 saturated carbocycles. The fourth-order valence-electron chi connectivity index (χ4n) is 1.91. The van der Waals surface area contributed by atoms with Gasteiger partial charge in [-0.05, 0) is 36.4 Å². The van der Waals surface area contributed by atoms with Crippen molar-refractivity contribution in [3.8, 4) is 0 Å². The summed E-state index contributed by atoms with van der Waals surface area (Å²) in [4.78, 5) is 23.5. The Kier molecular flexibility index (Phi) is 4.87. The summed E-state index contributed by atoms with van der Waals surface area (Å²) in [6.45, 7) is 0.151. The van der Waals surface area contributed by atoms with Crippen LogP contribution >= 0.6 is 11.8 Å². The first-order valence-corrected chi connectivity index (χ1v) is 8.12. The number of hydrogen-bond donors (Lipinski definition) is 0. The second kappa shape index (κ2) is 7.23. The number of rotatable bonds is 0. The summed E-state index contributed by atoms with van der Waals surface area (Å²) in [5, 5.41) is 0. The molecular weight excluding hydrogens is 320 g/mol. The van der Waals surface area contributed by atoms with E-state index in [1.807, 2.05) is 0 Å². The van der Waals surface area contributed by atoms with Gasteiger partial charge in [-0.15, -0.1) is 11.8 Å². The maximum atomic E-state index is 11.8. The number of furan rings is 2. The fourth-order valence-corrected chi connectivity index (χ4v) is 2.72. The predicted molar refractivity (Wildman–Crippen MR) is 82.1 cm³/mol. The number of carbonyl (C=O) groups excluding carboxylic acids is 2. The molecule has 7 heteroatoms. The van der Waals surface area contributed by atoms with E-state index in [-0.39, 0.29) is 24.7 Å². The summed E-state index contributed by atoms with van der Waals surface area (Å²) in [5.74, 6) is 1.79. The van der Waals surface area contributed by atoms with E-state index in [0.29, 0.717) is 23.0 Å². The Hall–Kier alpha value is -2.41. The molecule has 1 aliphatic rings. The van der Waals surface area contributed by atoms with Crippen LogP contribution in [0.3, 0.4) is 0 Å². The van der Waals surface area contributed by atoms with E-state index in [1.165, 1.54) is 0 Å². The molecule has 0 spiro atoms. The van der Waals surface area contributed by atoms with Crippen molar-refractivity contribution in [2.24, 2.45) is 0 Å². The van der Waals surface area contributed by atoms with Crippen molar-refractivity contribution >= 4 is 23.7 Å². The Morgan fingerprint density at radius 2 is 1.22 bits per heavy atom. The summed E-state index contributed by atoms with van der Waals surface area (Å²) in [7, 11) is 0. The number of ether oxygens (including phenoxy) is 2. The molecule has 1 aliphatic heterocycles. The van der Waals surface area contributed by atoms with Gasteiger partial charge in [-0.1, -0.05) is 0 Å². The highest BCUT2D eigenvalue weighted by molar-refractivity contribution is 7.97. The van der Waals surface area contributed by atoms with Crippen LogP contribution in [0, 0.1) is 0 Å². The standard InChI is InChI=1S/C16H14O6S/c17-15-13-5-3-11(21-13)9-23-10-12-4-6-14(22-12)16(18)20-8-2-1-7-19-15/h1-6H,7-10H2. The van der Waals surface area contributed by atoms with E-state index in [1.54, 1.807) is 48.2 Å². The maximum Gasteiger partial charge on any atom is 0.374 e. The van der Waals surface area contributed by atoms with Crippen LogP contribution < -0.4 is 0 Å². The van der Waals surface area contributed by atoms with Crippen molar-refractivity contribution < 1.29 is 27.9 Å². The molecule has 0 saturated heterocycles. The summed E-state index contributed by atoms with van der Waals surface area (Å²) >= 11 is 1.54. The topological polar surface area (TPSA) is 78.9 Å². The molecular formula is C16H14O6S. The van der Waals surface area contributed by atoms with Crippen molar-refractivity contribution in [3.63, 3.8) is 0 Å². The minimum atomic E-state index is -0.525. The third kappa shape index (κ3) is 4.07. The Bertz CT molecular complexity index is 666. The van der Waals surface area contributed by atoms with Crippen LogP contribution in [0.15, 0.2) is 45.3 Å². The third-order valence-electron chi connectivity index (χ3n) is 3.00. The Labute approximate surface area is 136 Å². The van der Waals surface area contributed by atoms with Crippen molar-refractivity contribution in [3.05, 3.63) is 59.5 Å². The lowest BCUT2D eigenvalue weighted by atomic mass is 10.4. The number of cyclic esters (lactones) is 2. The molecule has 2 aromatic heterocycles. The first-order valence-electron chi connectivity index (χ1n) is 6.97. The van der Waals surface area contributed by atoms with Crippen LogP contribution in [0.2, 0.25) is 0 Å². The van der Waals surface area contributed by atoms with Gasteiger partial charge in [0.2, 0.25) is 11.5 Å². The van der Waals surface area contributed by atoms with E-state index < -0.39 is 11.9 Å². The van der Waals surface area contributed by atoms with Crippen molar-refractivity contribution in [2.45, 2.75) is 11.5 Å². The minimum absolute atomic E-state index is 0.0755. The second-order valence-corrected chi connectivity index (χ2v) is 5.68. The van der Waals surface area contributed by atoms with Crippen molar-refractivity contribution in [2.75, 3.05) is 13.2 Å². The van der Waals surface area contributed by atoms with Crippen LogP contribution in [-0.4, -0.2) is 25.2 Å². The van der Waals surface area contributed by atoms with E-state index in [0.717, 1.165) is 0 Å². The largest absolute Gasteiger partial charge is 0.456 e. The second-order valence-electron chi connectivity index (χ2n) is 4.69. The SMILES string of the molecule is O=C1OCC=CCOC(=O)c2ccc(o2)CSCc2ccc1o2. The molecule has 3 rings (SSSR count). The molecule has 120 valence electrons. The molecule has 0 amide bonds. The van der Waals surface area contributed by atoms with Crippen molar-refractivity contribution in [1.29, 1.82) is 0 Å². The molecule has 2 aromatic rings.